The van der Waals surface area contributed by atoms with Gasteiger partial charge in [-0.15, -0.1) is 11.8 Å². The van der Waals surface area contributed by atoms with Gasteiger partial charge in [-0.1, -0.05) is 12.1 Å². The van der Waals surface area contributed by atoms with E-state index in [1.165, 1.54) is 9.80 Å². The lowest BCUT2D eigenvalue weighted by molar-refractivity contribution is -0.122. The molecule has 1 aliphatic heterocycles. The Bertz CT molecular complexity index is 508. The first kappa shape index (κ1) is 13.2. The van der Waals surface area contributed by atoms with E-state index in [-0.39, 0.29) is 11.1 Å². The topological polar surface area (TPSA) is 37.4 Å². The molecule has 1 fully saturated rings. The van der Waals surface area contributed by atoms with Crippen molar-refractivity contribution in [1.82, 2.24) is 4.90 Å². The van der Waals surface area contributed by atoms with Crippen molar-refractivity contribution in [3.63, 3.8) is 0 Å². The molecular weight excluding hydrogens is 266 g/mol. The van der Waals surface area contributed by atoms with Gasteiger partial charge in [-0.3, -0.25) is 14.5 Å². The average Bonchev–Trinajstić information content (AvgIpc) is 2.65. The molecule has 0 aliphatic carbocycles. The van der Waals surface area contributed by atoms with E-state index in [0.717, 1.165) is 17.3 Å². The molecule has 0 N–H and O–H groups in total. The number of carbonyl (C=O) groups is 2. The highest BCUT2D eigenvalue weighted by Crippen LogP contribution is 2.32. The van der Waals surface area contributed by atoms with E-state index in [1.807, 2.05) is 30.5 Å². The number of nitrogens with zero attached hydrogens (tertiary/aromatic N) is 1. The Kier molecular flexibility index (Phi) is 4.14. The Labute approximate surface area is 115 Å². The number of amides is 2. The first-order valence-corrected chi connectivity index (χ1v) is 7.59. The fraction of sp³-hybridized carbons (Fsp3) is 0.231. The van der Waals surface area contributed by atoms with Crippen molar-refractivity contribution in [2.75, 3.05) is 12.8 Å². The van der Waals surface area contributed by atoms with Crippen LogP contribution in [0.5, 0.6) is 0 Å². The number of rotatable bonds is 3. The van der Waals surface area contributed by atoms with Gasteiger partial charge in [0.1, 0.15) is 0 Å². The molecule has 1 saturated heterocycles. The predicted octanol–water partition coefficient (Wildman–Crippen LogP) is 3.46. The molecule has 1 aromatic rings. The second-order valence-corrected chi connectivity index (χ2v) is 5.57. The van der Waals surface area contributed by atoms with Crippen molar-refractivity contribution < 1.29 is 9.59 Å². The molecule has 0 saturated carbocycles. The van der Waals surface area contributed by atoms with Crippen LogP contribution in [0.25, 0.3) is 6.08 Å². The second-order valence-electron chi connectivity index (χ2n) is 3.70. The fourth-order valence-electron chi connectivity index (χ4n) is 1.62. The van der Waals surface area contributed by atoms with Gasteiger partial charge in [0, 0.05) is 11.4 Å². The summed E-state index contributed by atoms with van der Waals surface area (Å²) in [5.74, 6) is -0.193. The zero-order chi connectivity index (χ0) is 13.1. The summed E-state index contributed by atoms with van der Waals surface area (Å²) in [4.78, 5) is 26.4. The predicted molar refractivity (Wildman–Crippen MR) is 76.6 cm³/mol. The molecule has 1 aromatic carbocycles. The standard InChI is InChI=1S/C13H13NO2S2/c1-3-14-12(15)11(18-13(14)16)8-9-4-6-10(17-2)7-5-9/h4-8H,3H2,1-2H3/b11-8-. The van der Waals surface area contributed by atoms with Gasteiger partial charge >= 0.3 is 0 Å². The van der Waals surface area contributed by atoms with Gasteiger partial charge in [0.2, 0.25) is 0 Å². The Morgan fingerprint density at radius 2 is 1.94 bits per heavy atom. The molecule has 1 aliphatic rings. The molecule has 1 heterocycles. The lowest BCUT2D eigenvalue weighted by atomic mass is 10.2. The number of benzene rings is 1. The number of hydrogen-bond acceptors (Lipinski definition) is 4. The molecular formula is C13H13NO2S2. The number of thioether (sulfide) groups is 2. The highest BCUT2D eigenvalue weighted by atomic mass is 32.2. The molecule has 2 rings (SSSR count). The minimum Gasteiger partial charge on any atom is -0.269 e. The highest BCUT2D eigenvalue weighted by molar-refractivity contribution is 8.18. The Morgan fingerprint density at radius 3 is 2.44 bits per heavy atom. The largest absolute Gasteiger partial charge is 0.293 e. The molecule has 0 unspecified atom stereocenters. The normalized spacial score (nSPS) is 17.9. The van der Waals surface area contributed by atoms with Crippen LogP contribution in [0.15, 0.2) is 34.1 Å². The van der Waals surface area contributed by atoms with Crippen molar-refractivity contribution in [3.8, 4) is 0 Å². The summed E-state index contributed by atoms with van der Waals surface area (Å²) in [6, 6.07) is 7.90. The van der Waals surface area contributed by atoms with Gasteiger partial charge in [-0.05, 0) is 48.7 Å². The van der Waals surface area contributed by atoms with Crippen LogP contribution in [0.3, 0.4) is 0 Å². The number of likely N-dealkylation sites (N-methyl/N-ethyl adjacent to an activating group) is 1. The molecule has 18 heavy (non-hydrogen) atoms. The molecule has 5 heteroatoms. The minimum absolute atomic E-state index is 0.186. The molecule has 0 atom stereocenters. The van der Waals surface area contributed by atoms with Crippen LogP contribution in [-0.2, 0) is 4.79 Å². The van der Waals surface area contributed by atoms with Gasteiger partial charge < -0.3 is 0 Å². The van der Waals surface area contributed by atoms with E-state index in [4.69, 9.17) is 0 Å². The van der Waals surface area contributed by atoms with Crippen molar-refractivity contribution in [3.05, 3.63) is 34.7 Å². The zero-order valence-corrected chi connectivity index (χ0v) is 11.8. The lowest BCUT2D eigenvalue weighted by Crippen LogP contribution is -2.27. The van der Waals surface area contributed by atoms with E-state index < -0.39 is 0 Å². The van der Waals surface area contributed by atoms with Crippen molar-refractivity contribution in [2.24, 2.45) is 0 Å². The van der Waals surface area contributed by atoms with Gasteiger partial charge in [-0.25, -0.2) is 0 Å². The van der Waals surface area contributed by atoms with Crippen LogP contribution in [0.1, 0.15) is 12.5 Å². The first-order chi connectivity index (χ1) is 8.65. The highest BCUT2D eigenvalue weighted by Gasteiger charge is 2.33. The SMILES string of the molecule is CCN1C(=O)S/C(=C\c2ccc(SC)cc2)C1=O. The van der Waals surface area contributed by atoms with E-state index in [2.05, 4.69) is 0 Å². The molecule has 0 spiro atoms. The first-order valence-electron chi connectivity index (χ1n) is 5.55. The number of imide groups is 1. The molecule has 94 valence electrons. The third-order valence-corrected chi connectivity index (χ3v) is 4.25. The summed E-state index contributed by atoms with van der Waals surface area (Å²) in [5, 5.41) is -0.186. The summed E-state index contributed by atoms with van der Waals surface area (Å²) < 4.78 is 0. The van der Waals surface area contributed by atoms with E-state index in [1.54, 1.807) is 24.8 Å². The smallest absolute Gasteiger partial charge is 0.269 e. The van der Waals surface area contributed by atoms with Crippen LogP contribution < -0.4 is 0 Å². The van der Waals surface area contributed by atoms with Crippen LogP contribution >= 0.6 is 23.5 Å². The van der Waals surface area contributed by atoms with Crippen LogP contribution in [0, 0.1) is 0 Å². The van der Waals surface area contributed by atoms with Gasteiger partial charge in [-0.2, -0.15) is 0 Å². The second kappa shape index (κ2) is 5.63. The summed E-state index contributed by atoms with van der Waals surface area (Å²) in [5.41, 5.74) is 0.939. The molecule has 2 amide bonds. The monoisotopic (exact) mass is 279 g/mol. The molecule has 0 aromatic heterocycles. The van der Waals surface area contributed by atoms with Crippen LogP contribution in [-0.4, -0.2) is 28.8 Å². The number of hydrogen-bond donors (Lipinski definition) is 0. The van der Waals surface area contributed by atoms with Crippen LogP contribution in [0.2, 0.25) is 0 Å². The zero-order valence-electron chi connectivity index (χ0n) is 10.2. The van der Waals surface area contributed by atoms with E-state index in [9.17, 15) is 9.59 Å². The van der Waals surface area contributed by atoms with Gasteiger partial charge in [0.05, 0.1) is 4.91 Å². The Morgan fingerprint density at radius 1 is 1.28 bits per heavy atom. The van der Waals surface area contributed by atoms with Crippen molar-refractivity contribution >= 4 is 40.7 Å². The molecule has 0 radical (unpaired) electrons. The maximum atomic E-state index is 11.9. The molecule has 3 nitrogen and oxygen atoms in total. The summed E-state index contributed by atoms with van der Waals surface area (Å²) in [6.45, 7) is 2.22. The maximum absolute atomic E-state index is 11.9. The summed E-state index contributed by atoms with van der Waals surface area (Å²) in [7, 11) is 0. The third kappa shape index (κ3) is 2.62. The van der Waals surface area contributed by atoms with Gasteiger partial charge in [0.15, 0.2) is 0 Å². The summed E-state index contributed by atoms with van der Waals surface area (Å²) in [6.07, 6.45) is 3.78. The van der Waals surface area contributed by atoms with Crippen molar-refractivity contribution in [1.29, 1.82) is 0 Å². The number of carbonyl (C=O) groups excluding carboxylic acids is 2. The summed E-state index contributed by atoms with van der Waals surface area (Å²) >= 11 is 2.67. The quantitative estimate of drug-likeness (QED) is 0.627. The van der Waals surface area contributed by atoms with Crippen molar-refractivity contribution in [2.45, 2.75) is 11.8 Å². The van der Waals surface area contributed by atoms with E-state index >= 15 is 0 Å². The maximum Gasteiger partial charge on any atom is 0.293 e. The molecule has 0 bridgehead atoms. The van der Waals surface area contributed by atoms with Crippen LogP contribution in [0.4, 0.5) is 4.79 Å². The minimum atomic E-state index is -0.193. The average molecular weight is 279 g/mol. The van der Waals surface area contributed by atoms with Gasteiger partial charge in [0.25, 0.3) is 11.1 Å². The third-order valence-electron chi connectivity index (χ3n) is 2.60. The Hall–Kier alpha value is -1.20. The lowest BCUT2D eigenvalue weighted by Gasteiger charge is -2.06. The van der Waals surface area contributed by atoms with E-state index in [0.29, 0.717) is 11.4 Å². The fourth-order valence-corrected chi connectivity index (χ4v) is 2.94. The Balaban J connectivity index is 2.23.